The Labute approximate surface area is 192 Å². The fraction of sp³-hybridized carbons (Fsp3) is 0.231. The van der Waals surface area contributed by atoms with Crippen LogP contribution in [0.4, 0.5) is 13.2 Å². The molecule has 0 saturated carbocycles. The van der Waals surface area contributed by atoms with E-state index in [0.29, 0.717) is 29.9 Å². The molecular weight excluding hydrogens is 428 g/mol. The Kier molecular flexibility index (Phi) is 7.21. The highest BCUT2D eigenvalue weighted by atomic mass is 19.2. The maximum atomic E-state index is 14.8. The molecule has 0 amide bonds. The maximum Gasteiger partial charge on any atom is 0.201 e. The van der Waals surface area contributed by atoms with Crippen LogP contribution in [-0.4, -0.2) is 27.6 Å². The van der Waals surface area contributed by atoms with Gasteiger partial charge in [0.15, 0.2) is 25.7 Å². The normalized spacial score (nSPS) is 18.5. The average Bonchev–Trinajstić information content (AvgIpc) is 2.83. The summed E-state index contributed by atoms with van der Waals surface area (Å²) in [6, 6.07) is 14.6. The lowest BCUT2D eigenvalue weighted by Crippen LogP contribution is -2.26. The molecule has 3 aromatic rings. The van der Waals surface area contributed by atoms with E-state index in [4.69, 9.17) is 14.2 Å². The largest absolute Gasteiger partial charge is 0.500 e. The van der Waals surface area contributed by atoms with Crippen LogP contribution in [0.25, 0.3) is 22.3 Å². The quantitative estimate of drug-likeness (QED) is 0.358. The number of ether oxygens (including phenoxy) is 3. The van der Waals surface area contributed by atoms with Crippen LogP contribution in [0.15, 0.2) is 66.7 Å². The number of rotatable bonds is 6. The molecule has 0 atom stereocenters. The van der Waals surface area contributed by atoms with Gasteiger partial charge in [0.1, 0.15) is 5.82 Å². The smallest absolute Gasteiger partial charge is 0.201 e. The zero-order valence-electron chi connectivity index (χ0n) is 18.5. The molecular formula is C26H24BF3O3. The van der Waals surface area contributed by atoms with E-state index in [9.17, 15) is 13.2 Å². The lowest BCUT2D eigenvalue weighted by Gasteiger charge is -2.28. The van der Waals surface area contributed by atoms with E-state index in [1.54, 1.807) is 44.2 Å². The molecule has 33 heavy (non-hydrogen) atoms. The summed E-state index contributed by atoms with van der Waals surface area (Å²) in [6.45, 7) is 3.13. The molecule has 3 nitrogen and oxygen atoms in total. The molecule has 0 spiro atoms. The minimum Gasteiger partial charge on any atom is -0.500 e. The van der Waals surface area contributed by atoms with Crippen molar-refractivity contribution in [2.45, 2.75) is 13.2 Å². The zero-order chi connectivity index (χ0) is 23.4. The highest BCUT2D eigenvalue weighted by molar-refractivity contribution is 6.08. The SMILES string of the molecule is BCOc1ccc(-c2ccc(-c3ccc(C4OCC(/C=C/C)CO4)c(F)c3)cc2)c(F)c1F. The monoisotopic (exact) mass is 452 g/mol. The lowest BCUT2D eigenvalue weighted by atomic mass is 9.98. The van der Waals surface area contributed by atoms with Gasteiger partial charge in [-0.2, -0.15) is 4.39 Å². The predicted molar refractivity (Wildman–Crippen MR) is 124 cm³/mol. The Morgan fingerprint density at radius 3 is 2.21 bits per heavy atom. The number of allylic oxidation sites excluding steroid dienone is 1. The van der Waals surface area contributed by atoms with E-state index in [2.05, 4.69) is 0 Å². The molecule has 1 fully saturated rings. The van der Waals surface area contributed by atoms with Crippen LogP contribution in [0.2, 0.25) is 0 Å². The Bertz CT molecular complexity index is 1140. The van der Waals surface area contributed by atoms with Crippen molar-refractivity contribution in [2.24, 2.45) is 5.92 Å². The summed E-state index contributed by atoms with van der Waals surface area (Å²) in [5, 5.41) is 0. The first-order valence-corrected chi connectivity index (χ1v) is 10.9. The molecule has 4 rings (SSSR count). The van der Waals surface area contributed by atoms with E-state index < -0.39 is 23.7 Å². The number of benzene rings is 3. The van der Waals surface area contributed by atoms with Gasteiger partial charge in [-0.15, -0.1) is 0 Å². The van der Waals surface area contributed by atoms with Crippen molar-refractivity contribution >= 4 is 7.85 Å². The van der Waals surface area contributed by atoms with E-state index in [1.165, 1.54) is 18.2 Å². The standard InChI is InChI=1S/C26H24BF3O3/c1-2-3-16-13-31-26(32-14-16)21-9-8-19(12-22(21)28)17-4-6-18(7-5-17)20-10-11-23(33-15-27)25(30)24(20)29/h2-12,16,26H,13-15,27H2,1H3/b3-2+. The number of halogens is 3. The third-order valence-electron chi connectivity index (χ3n) is 5.52. The van der Waals surface area contributed by atoms with Gasteiger partial charge in [-0.1, -0.05) is 48.6 Å². The molecule has 0 radical (unpaired) electrons. The highest BCUT2D eigenvalue weighted by Gasteiger charge is 2.24. The van der Waals surface area contributed by atoms with Crippen LogP contribution in [0, 0.1) is 23.4 Å². The van der Waals surface area contributed by atoms with E-state index in [-0.39, 0.29) is 23.7 Å². The van der Waals surface area contributed by atoms with Crippen molar-refractivity contribution in [3.8, 4) is 28.0 Å². The van der Waals surface area contributed by atoms with Crippen LogP contribution in [0.3, 0.4) is 0 Å². The Balaban J connectivity index is 1.52. The summed E-state index contributed by atoms with van der Waals surface area (Å²) in [5.74, 6) is -2.35. The molecule has 0 unspecified atom stereocenters. The van der Waals surface area contributed by atoms with Crippen LogP contribution in [-0.2, 0) is 9.47 Å². The summed E-state index contributed by atoms with van der Waals surface area (Å²) in [6.07, 6.45) is 3.21. The molecule has 170 valence electrons. The molecule has 1 aliphatic heterocycles. The molecule has 7 heteroatoms. The fourth-order valence-electron chi connectivity index (χ4n) is 3.84. The van der Waals surface area contributed by atoms with Gasteiger partial charge >= 0.3 is 0 Å². The minimum atomic E-state index is -1.01. The van der Waals surface area contributed by atoms with Crippen LogP contribution in [0.5, 0.6) is 5.75 Å². The second-order valence-corrected chi connectivity index (χ2v) is 7.77. The molecule has 0 bridgehead atoms. The minimum absolute atomic E-state index is 0.116. The van der Waals surface area contributed by atoms with Gasteiger partial charge in [-0.05, 0) is 41.8 Å². The lowest BCUT2D eigenvalue weighted by molar-refractivity contribution is -0.198. The highest BCUT2D eigenvalue weighted by Crippen LogP contribution is 2.33. The Morgan fingerprint density at radius 1 is 0.909 bits per heavy atom. The zero-order valence-corrected chi connectivity index (χ0v) is 18.5. The van der Waals surface area contributed by atoms with Crippen molar-refractivity contribution < 1.29 is 27.4 Å². The van der Waals surface area contributed by atoms with Crippen molar-refractivity contribution in [1.82, 2.24) is 0 Å². The van der Waals surface area contributed by atoms with Gasteiger partial charge in [-0.25, -0.2) is 8.78 Å². The van der Waals surface area contributed by atoms with Crippen LogP contribution >= 0.6 is 0 Å². The van der Waals surface area contributed by atoms with Crippen molar-refractivity contribution in [1.29, 1.82) is 0 Å². The van der Waals surface area contributed by atoms with Gasteiger partial charge in [0.25, 0.3) is 0 Å². The summed E-state index contributed by atoms with van der Waals surface area (Å²) in [7, 11) is 1.70. The summed E-state index contributed by atoms with van der Waals surface area (Å²) >= 11 is 0. The maximum absolute atomic E-state index is 14.8. The second kappa shape index (κ2) is 10.3. The Morgan fingerprint density at radius 2 is 1.58 bits per heavy atom. The van der Waals surface area contributed by atoms with E-state index >= 15 is 0 Å². The van der Waals surface area contributed by atoms with Gasteiger partial charge in [-0.3, -0.25) is 0 Å². The summed E-state index contributed by atoms with van der Waals surface area (Å²) in [5.41, 5.74) is 2.39. The van der Waals surface area contributed by atoms with Gasteiger partial charge in [0.2, 0.25) is 5.82 Å². The van der Waals surface area contributed by atoms with Crippen molar-refractivity contribution in [3.05, 3.63) is 89.8 Å². The molecule has 0 aromatic heterocycles. The molecule has 1 saturated heterocycles. The molecule has 0 N–H and O–H groups in total. The topological polar surface area (TPSA) is 27.7 Å². The van der Waals surface area contributed by atoms with Gasteiger partial charge < -0.3 is 14.2 Å². The second-order valence-electron chi connectivity index (χ2n) is 7.77. The third kappa shape index (κ3) is 4.99. The third-order valence-corrected chi connectivity index (χ3v) is 5.52. The van der Waals surface area contributed by atoms with Gasteiger partial charge in [0.05, 0.1) is 19.7 Å². The van der Waals surface area contributed by atoms with E-state index in [1.807, 2.05) is 19.1 Å². The number of hydrogen-bond donors (Lipinski definition) is 0. The molecule has 1 heterocycles. The first-order valence-electron chi connectivity index (χ1n) is 10.9. The molecule has 3 aromatic carbocycles. The van der Waals surface area contributed by atoms with Crippen molar-refractivity contribution in [2.75, 3.05) is 19.7 Å². The van der Waals surface area contributed by atoms with Crippen molar-refractivity contribution in [3.63, 3.8) is 0 Å². The van der Waals surface area contributed by atoms with Crippen LogP contribution in [0.1, 0.15) is 18.8 Å². The molecule has 1 aliphatic rings. The molecule has 0 aliphatic carbocycles. The first-order chi connectivity index (χ1) is 16.0. The first kappa shape index (κ1) is 23.1. The number of hydrogen-bond acceptors (Lipinski definition) is 3. The average molecular weight is 452 g/mol. The predicted octanol–water partition coefficient (Wildman–Crippen LogP) is 5.65. The fourth-order valence-corrected chi connectivity index (χ4v) is 3.84. The van der Waals surface area contributed by atoms with Crippen LogP contribution < -0.4 is 4.74 Å². The Hall–Kier alpha value is -3.03. The summed E-state index contributed by atoms with van der Waals surface area (Å²) in [4.78, 5) is 0. The van der Waals surface area contributed by atoms with Gasteiger partial charge in [0, 0.05) is 17.0 Å². The summed E-state index contributed by atoms with van der Waals surface area (Å²) < 4.78 is 60.0. The van der Waals surface area contributed by atoms with E-state index in [0.717, 1.165) is 5.56 Å².